The Hall–Kier alpha value is -1.08. The second kappa shape index (κ2) is 6.38. The van der Waals surface area contributed by atoms with Crippen LogP contribution >= 0.6 is 27.3 Å². The van der Waals surface area contributed by atoms with Gasteiger partial charge in [0.2, 0.25) is 0 Å². The summed E-state index contributed by atoms with van der Waals surface area (Å²) in [7, 11) is 3.26. The van der Waals surface area contributed by atoms with Crippen LogP contribution in [-0.4, -0.2) is 14.2 Å². The van der Waals surface area contributed by atoms with Gasteiger partial charge in [0.25, 0.3) is 0 Å². The lowest BCUT2D eigenvalue weighted by atomic mass is 10.0. The van der Waals surface area contributed by atoms with Gasteiger partial charge in [-0.25, -0.2) is 5.43 Å². The van der Waals surface area contributed by atoms with Crippen molar-refractivity contribution in [3.63, 3.8) is 0 Å². The van der Waals surface area contributed by atoms with Crippen molar-refractivity contribution in [1.82, 2.24) is 5.43 Å². The van der Waals surface area contributed by atoms with Crippen LogP contribution < -0.4 is 20.7 Å². The lowest BCUT2D eigenvalue weighted by molar-refractivity contribution is 0.387. The normalized spacial score (nSPS) is 12.2. The Morgan fingerprint density at radius 2 is 2.05 bits per heavy atom. The van der Waals surface area contributed by atoms with Gasteiger partial charge in [-0.05, 0) is 45.1 Å². The van der Waals surface area contributed by atoms with Crippen LogP contribution in [0.5, 0.6) is 11.5 Å². The van der Waals surface area contributed by atoms with Crippen molar-refractivity contribution in [1.29, 1.82) is 0 Å². The third-order valence-electron chi connectivity index (χ3n) is 2.84. The molecule has 1 aromatic heterocycles. The van der Waals surface area contributed by atoms with Crippen molar-refractivity contribution >= 4 is 27.3 Å². The molecule has 3 N–H and O–H groups in total. The summed E-state index contributed by atoms with van der Waals surface area (Å²) in [5.74, 6) is 7.19. The quantitative estimate of drug-likeness (QED) is 0.647. The molecule has 0 fully saturated rings. The molecule has 0 radical (unpaired) electrons. The highest BCUT2D eigenvalue weighted by atomic mass is 79.9. The molecule has 0 aliphatic carbocycles. The molecule has 1 unspecified atom stereocenters. The zero-order valence-electron chi connectivity index (χ0n) is 10.6. The molecule has 0 amide bonds. The van der Waals surface area contributed by atoms with Gasteiger partial charge in [-0.15, -0.1) is 11.3 Å². The molecule has 102 valence electrons. The SMILES string of the molecule is COc1ccc(C(NN)c2csc(Br)c2)c(OC)c1. The minimum atomic E-state index is -0.122. The van der Waals surface area contributed by atoms with E-state index in [4.69, 9.17) is 15.3 Å². The highest BCUT2D eigenvalue weighted by molar-refractivity contribution is 9.11. The van der Waals surface area contributed by atoms with Crippen LogP contribution in [0.1, 0.15) is 17.2 Å². The summed E-state index contributed by atoms with van der Waals surface area (Å²) < 4.78 is 11.7. The summed E-state index contributed by atoms with van der Waals surface area (Å²) in [6.07, 6.45) is 0. The van der Waals surface area contributed by atoms with E-state index in [1.807, 2.05) is 24.3 Å². The average molecular weight is 343 g/mol. The first-order chi connectivity index (χ1) is 9.19. The third-order valence-corrected chi connectivity index (χ3v) is 4.36. The molecule has 0 saturated heterocycles. The second-order valence-electron chi connectivity index (χ2n) is 3.89. The highest BCUT2D eigenvalue weighted by Crippen LogP contribution is 2.35. The van der Waals surface area contributed by atoms with Crippen LogP contribution in [0.2, 0.25) is 0 Å². The van der Waals surface area contributed by atoms with Gasteiger partial charge in [0.1, 0.15) is 11.5 Å². The number of rotatable bonds is 5. The summed E-state index contributed by atoms with van der Waals surface area (Å²) in [6.45, 7) is 0. The fraction of sp³-hybridized carbons (Fsp3) is 0.231. The number of benzene rings is 1. The van der Waals surface area contributed by atoms with Gasteiger partial charge < -0.3 is 9.47 Å². The lowest BCUT2D eigenvalue weighted by Gasteiger charge is -2.18. The van der Waals surface area contributed by atoms with E-state index >= 15 is 0 Å². The van der Waals surface area contributed by atoms with E-state index in [0.29, 0.717) is 0 Å². The number of hydrogen-bond acceptors (Lipinski definition) is 5. The van der Waals surface area contributed by atoms with Crippen molar-refractivity contribution < 1.29 is 9.47 Å². The summed E-state index contributed by atoms with van der Waals surface area (Å²) in [5.41, 5.74) is 4.88. The average Bonchev–Trinajstić information content (AvgIpc) is 2.86. The number of nitrogens with one attached hydrogen (secondary N) is 1. The van der Waals surface area contributed by atoms with E-state index in [0.717, 1.165) is 26.4 Å². The molecule has 0 saturated carbocycles. The molecule has 2 rings (SSSR count). The van der Waals surface area contributed by atoms with Gasteiger partial charge in [-0.2, -0.15) is 0 Å². The van der Waals surface area contributed by atoms with Crippen LogP contribution in [0.25, 0.3) is 0 Å². The number of ether oxygens (including phenoxy) is 2. The molecule has 1 atom stereocenters. The van der Waals surface area contributed by atoms with Gasteiger partial charge in [0, 0.05) is 11.6 Å². The Morgan fingerprint density at radius 3 is 2.58 bits per heavy atom. The number of nitrogens with two attached hydrogens (primary N) is 1. The molecule has 0 spiro atoms. The van der Waals surface area contributed by atoms with Crippen molar-refractivity contribution in [2.24, 2.45) is 5.84 Å². The monoisotopic (exact) mass is 342 g/mol. The fourth-order valence-corrected chi connectivity index (χ4v) is 3.10. The van der Waals surface area contributed by atoms with Crippen LogP contribution in [-0.2, 0) is 0 Å². The number of hydrazine groups is 1. The van der Waals surface area contributed by atoms with Crippen LogP contribution in [0.15, 0.2) is 33.4 Å². The van der Waals surface area contributed by atoms with Crippen LogP contribution in [0.4, 0.5) is 0 Å². The first kappa shape index (κ1) is 14.3. The number of thiophene rings is 1. The maximum atomic E-state index is 5.69. The maximum absolute atomic E-state index is 5.69. The number of hydrogen-bond donors (Lipinski definition) is 2. The maximum Gasteiger partial charge on any atom is 0.127 e. The van der Waals surface area contributed by atoms with Gasteiger partial charge in [0.15, 0.2) is 0 Å². The topological polar surface area (TPSA) is 56.5 Å². The fourth-order valence-electron chi connectivity index (χ4n) is 1.90. The van der Waals surface area contributed by atoms with E-state index in [-0.39, 0.29) is 6.04 Å². The summed E-state index contributed by atoms with van der Waals surface area (Å²) >= 11 is 5.08. The zero-order chi connectivity index (χ0) is 13.8. The van der Waals surface area contributed by atoms with Crippen molar-refractivity contribution in [2.45, 2.75) is 6.04 Å². The number of methoxy groups -OCH3 is 2. The number of halogens is 1. The largest absolute Gasteiger partial charge is 0.497 e. The Kier molecular flexibility index (Phi) is 4.81. The van der Waals surface area contributed by atoms with Gasteiger partial charge in [-0.3, -0.25) is 5.84 Å². The van der Waals surface area contributed by atoms with Crippen molar-refractivity contribution in [3.8, 4) is 11.5 Å². The molecule has 0 bridgehead atoms. The molecule has 6 heteroatoms. The van der Waals surface area contributed by atoms with Crippen LogP contribution in [0.3, 0.4) is 0 Å². The Bertz CT molecular complexity index is 559. The Balaban J connectivity index is 2.43. The Labute approximate surface area is 124 Å². The van der Waals surface area contributed by atoms with E-state index in [9.17, 15) is 0 Å². The minimum Gasteiger partial charge on any atom is -0.497 e. The molecular formula is C13H15BrN2O2S. The molecule has 0 aliphatic rings. The standard InChI is InChI=1S/C13H15BrN2O2S/c1-17-9-3-4-10(11(6-9)18-2)13(16-15)8-5-12(14)19-7-8/h3-7,13,16H,15H2,1-2H3. The van der Waals surface area contributed by atoms with E-state index in [1.165, 1.54) is 0 Å². The molecule has 1 heterocycles. The lowest BCUT2D eigenvalue weighted by Crippen LogP contribution is -2.28. The summed E-state index contributed by atoms with van der Waals surface area (Å²) in [4.78, 5) is 0. The molecular weight excluding hydrogens is 328 g/mol. The first-order valence-electron chi connectivity index (χ1n) is 5.61. The van der Waals surface area contributed by atoms with E-state index in [2.05, 4.69) is 26.7 Å². The smallest absolute Gasteiger partial charge is 0.127 e. The van der Waals surface area contributed by atoms with Crippen molar-refractivity contribution in [2.75, 3.05) is 14.2 Å². The summed E-state index contributed by atoms with van der Waals surface area (Å²) in [6, 6.07) is 7.61. The summed E-state index contributed by atoms with van der Waals surface area (Å²) in [5, 5.41) is 2.05. The molecule has 0 aliphatic heterocycles. The zero-order valence-corrected chi connectivity index (χ0v) is 13.0. The molecule has 2 aromatic rings. The first-order valence-corrected chi connectivity index (χ1v) is 7.28. The third kappa shape index (κ3) is 3.09. The van der Waals surface area contributed by atoms with Crippen LogP contribution in [0, 0.1) is 0 Å². The molecule has 4 nitrogen and oxygen atoms in total. The van der Waals surface area contributed by atoms with Gasteiger partial charge in [-0.1, -0.05) is 0 Å². The highest BCUT2D eigenvalue weighted by Gasteiger charge is 2.18. The molecule has 19 heavy (non-hydrogen) atoms. The molecule has 1 aromatic carbocycles. The second-order valence-corrected chi connectivity index (χ2v) is 6.18. The van der Waals surface area contributed by atoms with Gasteiger partial charge in [0.05, 0.1) is 24.0 Å². The van der Waals surface area contributed by atoms with Gasteiger partial charge >= 0.3 is 0 Å². The Morgan fingerprint density at radius 1 is 1.26 bits per heavy atom. The predicted molar refractivity (Wildman–Crippen MR) is 80.7 cm³/mol. The minimum absolute atomic E-state index is 0.122. The predicted octanol–water partition coefficient (Wildman–Crippen LogP) is 3.08. The van der Waals surface area contributed by atoms with E-state index < -0.39 is 0 Å². The van der Waals surface area contributed by atoms with Crippen molar-refractivity contribution in [3.05, 3.63) is 44.6 Å². The van der Waals surface area contributed by atoms with E-state index in [1.54, 1.807) is 25.6 Å².